The van der Waals surface area contributed by atoms with Gasteiger partial charge in [0.25, 0.3) is 0 Å². The Kier molecular flexibility index (Phi) is 6.80. The lowest BCUT2D eigenvalue weighted by Crippen LogP contribution is -1.92. The van der Waals surface area contributed by atoms with Crippen molar-refractivity contribution in [1.29, 1.82) is 0 Å². The third kappa shape index (κ3) is 4.89. The Morgan fingerprint density at radius 3 is 2.13 bits per heavy atom. The summed E-state index contributed by atoms with van der Waals surface area (Å²) in [6, 6.07) is 8.78. The van der Waals surface area contributed by atoms with Crippen molar-refractivity contribution in [3.8, 4) is 11.5 Å². The molecule has 2 rings (SSSR count). The second kappa shape index (κ2) is 8.61. The number of hydrogen-bond acceptors (Lipinski definition) is 4. The average Bonchev–Trinajstić information content (AvgIpc) is 2.54. The van der Waals surface area contributed by atoms with Crippen LogP contribution in [0.1, 0.15) is 11.1 Å². The van der Waals surface area contributed by atoms with Gasteiger partial charge >= 0.3 is 0 Å². The number of phenolic OH excluding ortho intramolecular Hbond substituents is 2. The number of para-hydroxylation sites is 1. The van der Waals surface area contributed by atoms with Gasteiger partial charge in [0.15, 0.2) is 0 Å². The molecule has 0 aliphatic heterocycles. The third-order valence-corrected chi connectivity index (χ3v) is 6.21. The first kappa shape index (κ1) is 18.2. The van der Waals surface area contributed by atoms with Gasteiger partial charge in [-0.25, -0.2) is 0 Å². The highest BCUT2D eigenvalue weighted by Crippen LogP contribution is 2.39. The monoisotopic (exact) mass is 502 g/mol. The van der Waals surface area contributed by atoms with Gasteiger partial charge in [-0.3, -0.25) is 9.98 Å². The zero-order valence-corrected chi connectivity index (χ0v) is 16.6. The number of aliphatic imine (C=N–C) groups is 2. The maximum atomic E-state index is 10.0. The summed E-state index contributed by atoms with van der Waals surface area (Å²) in [5.41, 5.74) is 1.28. The van der Waals surface area contributed by atoms with E-state index in [2.05, 4.69) is 57.8 Å². The van der Waals surface area contributed by atoms with Crippen molar-refractivity contribution in [2.75, 3.05) is 13.1 Å². The third-order valence-electron chi connectivity index (χ3n) is 2.92. The lowest BCUT2D eigenvalue weighted by Gasteiger charge is -2.06. The van der Waals surface area contributed by atoms with E-state index in [9.17, 15) is 10.2 Å². The van der Waals surface area contributed by atoms with Crippen molar-refractivity contribution < 1.29 is 10.2 Å². The molecule has 120 valence electrons. The fraction of sp³-hybridized carbons (Fsp3) is 0.125. The fourth-order valence-electron chi connectivity index (χ4n) is 1.74. The van der Waals surface area contributed by atoms with Crippen LogP contribution in [0.3, 0.4) is 0 Å². The van der Waals surface area contributed by atoms with Gasteiger partial charge < -0.3 is 10.2 Å². The summed E-state index contributed by atoms with van der Waals surface area (Å²) >= 11 is 10.1. The molecule has 0 amide bonds. The topological polar surface area (TPSA) is 65.2 Å². The predicted octanol–water partition coefficient (Wildman–Crippen LogP) is 4.92. The van der Waals surface area contributed by atoms with Crippen molar-refractivity contribution in [3.63, 3.8) is 0 Å². The van der Waals surface area contributed by atoms with Gasteiger partial charge in [0.2, 0.25) is 0 Å². The van der Waals surface area contributed by atoms with E-state index in [0.29, 0.717) is 28.7 Å². The molecule has 2 aromatic carbocycles. The molecule has 0 aliphatic carbocycles. The van der Waals surface area contributed by atoms with Gasteiger partial charge in [0.1, 0.15) is 11.5 Å². The molecule has 0 radical (unpaired) electrons. The van der Waals surface area contributed by atoms with Gasteiger partial charge in [0.05, 0.1) is 17.6 Å². The zero-order valence-electron chi connectivity index (χ0n) is 11.9. The molecule has 0 saturated carbocycles. The molecule has 7 heteroatoms. The molecule has 0 unspecified atom stereocenters. The van der Waals surface area contributed by atoms with E-state index in [1.165, 1.54) is 0 Å². The van der Waals surface area contributed by atoms with E-state index >= 15 is 0 Å². The Labute approximate surface area is 159 Å². The van der Waals surface area contributed by atoms with Crippen LogP contribution in [0.2, 0.25) is 0 Å². The summed E-state index contributed by atoms with van der Waals surface area (Å²) in [7, 11) is 0. The molecule has 2 N–H and O–H groups in total. The predicted molar refractivity (Wildman–Crippen MR) is 104 cm³/mol. The number of rotatable bonds is 5. The van der Waals surface area contributed by atoms with Gasteiger partial charge in [-0.05, 0) is 66.0 Å². The number of hydrogen-bond donors (Lipinski definition) is 2. The average molecular weight is 505 g/mol. The highest BCUT2D eigenvalue weighted by atomic mass is 79.9. The summed E-state index contributed by atoms with van der Waals surface area (Å²) in [5.74, 6) is 0.329. The summed E-state index contributed by atoms with van der Waals surface area (Å²) in [4.78, 5) is 8.47. The molecule has 0 aromatic heterocycles. The number of benzene rings is 2. The van der Waals surface area contributed by atoms with E-state index in [1.807, 2.05) is 6.07 Å². The second-order valence-electron chi connectivity index (χ2n) is 4.55. The Morgan fingerprint density at radius 1 is 0.870 bits per heavy atom. The highest BCUT2D eigenvalue weighted by molar-refractivity contribution is 9.14. The quantitative estimate of drug-likeness (QED) is 0.345. The van der Waals surface area contributed by atoms with Crippen LogP contribution in [0.15, 0.2) is 53.7 Å². The number of nitrogens with zero attached hydrogens (tertiary/aromatic N) is 2. The zero-order chi connectivity index (χ0) is 16.8. The molecule has 0 spiro atoms. The smallest absolute Gasteiger partial charge is 0.139 e. The minimum absolute atomic E-state index is 0.126. The minimum Gasteiger partial charge on any atom is -0.507 e. The number of phenols is 2. The summed E-state index contributed by atoms with van der Waals surface area (Å²) in [5, 5.41) is 19.6. The fourth-order valence-corrected chi connectivity index (χ4v) is 3.20. The van der Waals surface area contributed by atoms with Crippen LogP contribution >= 0.6 is 47.8 Å². The number of aromatic hydroxyl groups is 2. The molecule has 2 aromatic rings. The van der Waals surface area contributed by atoms with Crippen LogP contribution in [0.4, 0.5) is 0 Å². The molecular formula is C16H13Br3N2O2. The van der Waals surface area contributed by atoms with Crippen molar-refractivity contribution in [2.45, 2.75) is 0 Å². The normalized spacial score (nSPS) is 11.6. The second-order valence-corrected chi connectivity index (χ2v) is 6.99. The van der Waals surface area contributed by atoms with E-state index < -0.39 is 0 Å². The first-order chi connectivity index (χ1) is 11.0. The first-order valence-corrected chi connectivity index (χ1v) is 9.02. The van der Waals surface area contributed by atoms with E-state index in [1.54, 1.807) is 36.7 Å². The molecule has 0 atom stereocenters. The lowest BCUT2D eigenvalue weighted by atomic mass is 10.2. The van der Waals surface area contributed by atoms with Gasteiger partial charge in [-0.2, -0.15) is 0 Å². The van der Waals surface area contributed by atoms with Crippen LogP contribution in [0.25, 0.3) is 0 Å². The van der Waals surface area contributed by atoms with E-state index in [4.69, 9.17) is 0 Å². The molecule has 0 aliphatic rings. The SMILES string of the molecule is Oc1ccccc1C=NCCN=Cc1cc(Br)c(Br)c(Br)c1O. The molecule has 0 heterocycles. The Hall–Kier alpha value is -1.18. The molecule has 23 heavy (non-hydrogen) atoms. The van der Waals surface area contributed by atoms with Crippen LogP contribution in [0, 0.1) is 0 Å². The lowest BCUT2D eigenvalue weighted by molar-refractivity contribution is 0.470. The van der Waals surface area contributed by atoms with E-state index in [0.717, 1.165) is 8.95 Å². The summed E-state index contributed by atoms with van der Waals surface area (Å²) in [6.07, 6.45) is 3.22. The Morgan fingerprint density at radius 2 is 1.48 bits per heavy atom. The van der Waals surface area contributed by atoms with Crippen molar-refractivity contribution in [2.24, 2.45) is 9.98 Å². The summed E-state index contributed by atoms with van der Waals surface area (Å²) < 4.78 is 2.14. The highest BCUT2D eigenvalue weighted by Gasteiger charge is 2.11. The molecule has 0 saturated heterocycles. The summed E-state index contributed by atoms with van der Waals surface area (Å²) in [6.45, 7) is 0.972. The Balaban J connectivity index is 1.94. The van der Waals surface area contributed by atoms with Crippen molar-refractivity contribution in [3.05, 3.63) is 54.9 Å². The van der Waals surface area contributed by atoms with Gasteiger partial charge in [-0.1, -0.05) is 12.1 Å². The van der Waals surface area contributed by atoms with Gasteiger partial charge in [0, 0.05) is 32.5 Å². The van der Waals surface area contributed by atoms with Crippen LogP contribution < -0.4 is 0 Å². The standard InChI is InChI=1S/C16H13Br3N2O2/c17-12-7-11(16(23)15(19)14(12)18)9-21-6-5-20-8-10-3-1-2-4-13(10)22/h1-4,7-9,22-23H,5-6H2. The maximum absolute atomic E-state index is 10.0. The number of halogens is 3. The minimum atomic E-state index is 0.126. The van der Waals surface area contributed by atoms with E-state index in [-0.39, 0.29) is 11.5 Å². The molecule has 0 bridgehead atoms. The van der Waals surface area contributed by atoms with Crippen LogP contribution in [-0.4, -0.2) is 35.7 Å². The van der Waals surface area contributed by atoms with Crippen molar-refractivity contribution in [1.82, 2.24) is 0 Å². The first-order valence-electron chi connectivity index (χ1n) is 6.65. The molecular weight excluding hydrogens is 492 g/mol. The maximum Gasteiger partial charge on any atom is 0.139 e. The van der Waals surface area contributed by atoms with Crippen molar-refractivity contribution >= 4 is 60.2 Å². The van der Waals surface area contributed by atoms with Gasteiger partial charge in [-0.15, -0.1) is 0 Å². The largest absolute Gasteiger partial charge is 0.507 e. The molecule has 4 nitrogen and oxygen atoms in total. The van der Waals surface area contributed by atoms with Crippen LogP contribution in [-0.2, 0) is 0 Å². The molecule has 0 fully saturated rings. The Bertz CT molecular complexity index is 761. The van der Waals surface area contributed by atoms with Crippen LogP contribution in [0.5, 0.6) is 11.5 Å².